The van der Waals surface area contributed by atoms with Gasteiger partial charge in [-0.05, 0) is 6.07 Å². The topological polar surface area (TPSA) is 97.6 Å². The van der Waals surface area contributed by atoms with Crippen molar-refractivity contribution in [2.24, 2.45) is 0 Å². The van der Waals surface area contributed by atoms with Crippen LogP contribution in [0.2, 0.25) is 0 Å². The largest absolute Gasteiger partial charge is 0.289 e. The van der Waals surface area contributed by atoms with Gasteiger partial charge in [-0.2, -0.15) is 0 Å². The van der Waals surface area contributed by atoms with Crippen LogP contribution in [0.25, 0.3) is 0 Å². The van der Waals surface area contributed by atoms with Crippen LogP contribution in [-0.4, -0.2) is 36.0 Å². The molecule has 1 aromatic rings. The van der Waals surface area contributed by atoms with E-state index in [0.29, 0.717) is 4.31 Å². The normalized spacial score (nSPS) is 10.8. The Labute approximate surface area is 120 Å². The molecule has 0 aliphatic carbocycles. The molecule has 0 unspecified atom stereocenters. The zero-order valence-electron chi connectivity index (χ0n) is 10.2. The molecule has 0 aliphatic rings. The lowest BCUT2D eigenvalue weighted by Crippen LogP contribution is -2.38. The molecule has 0 saturated heterocycles. The quantitative estimate of drug-likeness (QED) is 0.343. The average Bonchev–Trinajstić information content (AvgIpc) is 2.43. The van der Waals surface area contributed by atoms with Gasteiger partial charge in [-0.25, -0.2) is 12.7 Å². The van der Waals surface area contributed by atoms with Crippen molar-refractivity contribution in [3.63, 3.8) is 0 Å². The van der Waals surface area contributed by atoms with Crippen LogP contribution in [-0.2, 0) is 14.8 Å². The van der Waals surface area contributed by atoms with Gasteiger partial charge in [-0.1, -0.05) is 18.2 Å². The number of carbonyl (C=O) groups is 1. The SMILES string of the molecule is C=CCN(C(=O)CCl)S(=O)(=O)c1ccccc1[N+](=O)[O-]. The van der Waals surface area contributed by atoms with Crippen molar-refractivity contribution in [2.45, 2.75) is 4.90 Å². The van der Waals surface area contributed by atoms with Gasteiger partial charge in [0.2, 0.25) is 0 Å². The van der Waals surface area contributed by atoms with E-state index in [4.69, 9.17) is 11.6 Å². The summed E-state index contributed by atoms with van der Waals surface area (Å²) in [6, 6.07) is 4.77. The highest BCUT2D eigenvalue weighted by Gasteiger charge is 2.33. The number of benzene rings is 1. The number of nitro groups is 1. The summed E-state index contributed by atoms with van der Waals surface area (Å²) in [6.07, 6.45) is 1.19. The molecule has 0 heterocycles. The standard InChI is InChI=1S/C11H11ClN2O5S/c1-2-7-13(11(15)8-12)20(18,19)10-6-4-3-5-9(10)14(16)17/h2-6H,1,7-8H2. The van der Waals surface area contributed by atoms with Crippen molar-refractivity contribution >= 4 is 33.2 Å². The van der Waals surface area contributed by atoms with Gasteiger partial charge in [-0.15, -0.1) is 18.2 Å². The lowest BCUT2D eigenvalue weighted by Gasteiger charge is -2.19. The summed E-state index contributed by atoms with van der Waals surface area (Å²) in [4.78, 5) is 21.1. The number of halogens is 1. The Morgan fingerprint density at radius 1 is 1.45 bits per heavy atom. The Bertz CT molecular complexity index is 644. The minimum Gasteiger partial charge on any atom is -0.272 e. The maximum absolute atomic E-state index is 12.3. The second-order valence-corrected chi connectivity index (χ2v) is 5.68. The number of amides is 1. The Balaban J connectivity index is 3.45. The highest BCUT2D eigenvalue weighted by molar-refractivity contribution is 7.89. The monoisotopic (exact) mass is 318 g/mol. The Kier molecular flexibility index (Phi) is 5.23. The molecular weight excluding hydrogens is 308 g/mol. The first kappa shape index (κ1) is 16.1. The third-order valence-corrected chi connectivity index (χ3v) is 4.38. The first-order valence-electron chi connectivity index (χ1n) is 5.32. The molecule has 1 rings (SSSR count). The lowest BCUT2D eigenvalue weighted by molar-refractivity contribution is -0.387. The number of nitrogens with zero attached hydrogens (tertiary/aromatic N) is 2. The van der Waals surface area contributed by atoms with Gasteiger partial charge in [0.25, 0.3) is 21.6 Å². The molecule has 1 aromatic carbocycles. The van der Waals surface area contributed by atoms with Gasteiger partial charge in [0, 0.05) is 6.07 Å². The van der Waals surface area contributed by atoms with Crippen LogP contribution in [0.5, 0.6) is 0 Å². The molecule has 0 N–H and O–H groups in total. The second kappa shape index (κ2) is 6.49. The van der Waals surface area contributed by atoms with Crippen molar-refractivity contribution in [2.75, 3.05) is 12.4 Å². The van der Waals surface area contributed by atoms with Crippen LogP contribution >= 0.6 is 11.6 Å². The van der Waals surface area contributed by atoms with Crippen LogP contribution in [0, 0.1) is 10.1 Å². The maximum Gasteiger partial charge on any atom is 0.289 e. The third kappa shape index (κ3) is 3.14. The molecule has 0 radical (unpaired) electrons. The molecule has 108 valence electrons. The fourth-order valence-electron chi connectivity index (χ4n) is 1.46. The molecule has 0 fully saturated rings. The number of alkyl halides is 1. The number of hydrogen-bond acceptors (Lipinski definition) is 5. The molecule has 20 heavy (non-hydrogen) atoms. The van der Waals surface area contributed by atoms with Crippen molar-refractivity contribution in [3.05, 3.63) is 47.0 Å². The van der Waals surface area contributed by atoms with Crippen molar-refractivity contribution in [3.8, 4) is 0 Å². The molecule has 7 nitrogen and oxygen atoms in total. The van der Waals surface area contributed by atoms with E-state index in [1.54, 1.807) is 0 Å². The van der Waals surface area contributed by atoms with E-state index in [-0.39, 0.29) is 6.54 Å². The van der Waals surface area contributed by atoms with Crippen molar-refractivity contribution in [1.29, 1.82) is 0 Å². The molecule has 0 aliphatic heterocycles. The van der Waals surface area contributed by atoms with E-state index in [0.717, 1.165) is 12.1 Å². The number of carbonyl (C=O) groups excluding carboxylic acids is 1. The van der Waals surface area contributed by atoms with E-state index in [2.05, 4.69) is 6.58 Å². The van der Waals surface area contributed by atoms with E-state index in [9.17, 15) is 23.3 Å². The highest BCUT2D eigenvalue weighted by Crippen LogP contribution is 2.26. The van der Waals surface area contributed by atoms with Gasteiger partial charge in [0.1, 0.15) is 5.88 Å². The average molecular weight is 319 g/mol. The van der Waals surface area contributed by atoms with E-state index < -0.39 is 37.3 Å². The van der Waals surface area contributed by atoms with Crippen LogP contribution < -0.4 is 0 Å². The second-order valence-electron chi connectivity index (χ2n) is 3.58. The molecule has 0 saturated carbocycles. The predicted octanol–water partition coefficient (Wildman–Crippen LogP) is 1.54. The van der Waals surface area contributed by atoms with Crippen LogP contribution in [0.3, 0.4) is 0 Å². The molecule has 0 atom stereocenters. The first-order chi connectivity index (χ1) is 9.36. The van der Waals surface area contributed by atoms with E-state index in [1.807, 2.05) is 0 Å². The molecule has 0 bridgehead atoms. The molecular formula is C11H11ClN2O5S. The molecule has 0 aromatic heterocycles. The Morgan fingerprint density at radius 3 is 2.55 bits per heavy atom. The summed E-state index contributed by atoms with van der Waals surface area (Å²) in [5, 5.41) is 10.9. The van der Waals surface area contributed by atoms with Gasteiger partial charge in [0.15, 0.2) is 4.90 Å². The highest BCUT2D eigenvalue weighted by atomic mass is 35.5. The zero-order valence-corrected chi connectivity index (χ0v) is 11.8. The maximum atomic E-state index is 12.3. The van der Waals surface area contributed by atoms with Crippen LogP contribution in [0.1, 0.15) is 0 Å². The summed E-state index contributed by atoms with van der Waals surface area (Å²) < 4.78 is 25.1. The Hall–Kier alpha value is -1.93. The number of sulfonamides is 1. The zero-order chi connectivity index (χ0) is 15.3. The number of para-hydroxylation sites is 1. The fourth-order valence-corrected chi connectivity index (χ4v) is 3.21. The summed E-state index contributed by atoms with van der Waals surface area (Å²) >= 11 is 5.35. The van der Waals surface area contributed by atoms with Gasteiger partial charge < -0.3 is 0 Å². The Morgan fingerprint density at radius 2 is 2.05 bits per heavy atom. The number of rotatable bonds is 6. The van der Waals surface area contributed by atoms with Crippen molar-refractivity contribution in [1.82, 2.24) is 4.31 Å². The molecule has 9 heteroatoms. The summed E-state index contributed by atoms with van der Waals surface area (Å²) in [6.45, 7) is 3.03. The lowest BCUT2D eigenvalue weighted by atomic mass is 10.3. The van der Waals surface area contributed by atoms with E-state index in [1.165, 1.54) is 18.2 Å². The van der Waals surface area contributed by atoms with Gasteiger partial charge in [0.05, 0.1) is 11.5 Å². The summed E-state index contributed by atoms with van der Waals surface area (Å²) in [5.41, 5.74) is -0.607. The third-order valence-electron chi connectivity index (χ3n) is 2.32. The van der Waals surface area contributed by atoms with Crippen LogP contribution in [0.4, 0.5) is 5.69 Å². The van der Waals surface area contributed by atoms with Gasteiger partial charge in [-0.3, -0.25) is 14.9 Å². The minimum atomic E-state index is -4.36. The molecule has 1 amide bonds. The van der Waals surface area contributed by atoms with E-state index >= 15 is 0 Å². The summed E-state index contributed by atoms with van der Waals surface area (Å²) in [7, 11) is -4.36. The van der Waals surface area contributed by atoms with Gasteiger partial charge >= 0.3 is 0 Å². The van der Waals surface area contributed by atoms with Crippen molar-refractivity contribution < 1.29 is 18.1 Å². The number of nitro benzene ring substituents is 1. The summed E-state index contributed by atoms with van der Waals surface area (Å²) in [5.74, 6) is -1.45. The fraction of sp³-hybridized carbons (Fsp3) is 0.182. The minimum absolute atomic E-state index is 0.320. The number of hydrogen-bond donors (Lipinski definition) is 0. The smallest absolute Gasteiger partial charge is 0.272 e. The molecule has 0 spiro atoms. The van der Waals surface area contributed by atoms with Crippen LogP contribution in [0.15, 0.2) is 41.8 Å². The predicted molar refractivity (Wildman–Crippen MR) is 72.9 cm³/mol. The first-order valence-corrected chi connectivity index (χ1v) is 7.29.